The first-order valence-corrected chi connectivity index (χ1v) is 5.96. The summed E-state index contributed by atoms with van der Waals surface area (Å²) >= 11 is 0. The maximum absolute atomic E-state index is 4.38. The van der Waals surface area contributed by atoms with Crippen LogP contribution in [0.3, 0.4) is 0 Å². The van der Waals surface area contributed by atoms with Crippen molar-refractivity contribution in [3.05, 3.63) is 18.0 Å². The summed E-state index contributed by atoms with van der Waals surface area (Å²) in [5.74, 6) is 1.69. The smallest absolute Gasteiger partial charge is 0.225 e. The molecule has 1 aliphatic carbocycles. The van der Waals surface area contributed by atoms with Gasteiger partial charge in [0.15, 0.2) is 0 Å². The maximum atomic E-state index is 4.38. The lowest BCUT2D eigenvalue weighted by Gasteiger charge is -2.30. The zero-order valence-corrected chi connectivity index (χ0v) is 10.1. The number of rotatable bonds is 5. The van der Waals surface area contributed by atoms with Crippen LogP contribution < -0.4 is 10.2 Å². The molecule has 0 aliphatic heterocycles. The lowest BCUT2D eigenvalue weighted by Crippen LogP contribution is -2.30. The largest absolute Gasteiger partial charge is 0.344 e. The molecule has 4 nitrogen and oxygen atoms in total. The maximum Gasteiger partial charge on any atom is 0.225 e. The van der Waals surface area contributed by atoms with Gasteiger partial charge in [-0.15, -0.1) is 0 Å². The standard InChI is InChI=1S/C12H20N4/c1-13-6-11-7-14-12(15-8-11)16(2)9-10-4-3-5-10/h7-8,10,13H,3-6,9H2,1-2H3. The number of aromatic nitrogens is 2. The number of nitrogens with one attached hydrogen (secondary N) is 1. The van der Waals surface area contributed by atoms with Crippen LogP contribution in [0.1, 0.15) is 24.8 Å². The van der Waals surface area contributed by atoms with E-state index in [1.807, 2.05) is 19.4 Å². The number of nitrogens with zero attached hydrogens (tertiary/aromatic N) is 3. The van der Waals surface area contributed by atoms with Crippen LogP contribution in [0.15, 0.2) is 12.4 Å². The molecule has 1 saturated carbocycles. The summed E-state index contributed by atoms with van der Waals surface area (Å²) in [5, 5.41) is 3.09. The first-order valence-electron chi connectivity index (χ1n) is 5.96. The summed E-state index contributed by atoms with van der Waals surface area (Å²) < 4.78 is 0. The second-order valence-electron chi connectivity index (χ2n) is 4.60. The average Bonchev–Trinajstić information content (AvgIpc) is 2.25. The van der Waals surface area contributed by atoms with Gasteiger partial charge in [0.1, 0.15) is 0 Å². The fourth-order valence-corrected chi connectivity index (χ4v) is 1.98. The molecule has 16 heavy (non-hydrogen) atoms. The first kappa shape index (κ1) is 11.3. The van der Waals surface area contributed by atoms with E-state index in [0.29, 0.717) is 0 Å². The third-order valence-corrected chi connectivity index (χ3v) is 3.17. The highest BCUT2D eigenvalue weighted by Crippen LogP contribution is 2.27. The zero-order valence-electron chi connectivity index (χ0n) is 10.1. The molecule has 88 valence electrons. The average molecular weight is 220 g/mol. The Labute approximate surface area is 97.1 Å². The minimum Gasteiger partial charge on any atom is -0.344 e. The Morgan fingerprint density at radius 3 is 2.56 bits per heavy atom. The van der Waals surface area contributed by atoms with Gasteiger partial charge >= 0.3 is 0 Å². The Bertz CT molecular complexity index is 318. The van der Waals surface area contributed by atoms with Crippen LogP contribution >= 0.6 is 0 Å². The van der Waals surface area contributed by atoms with Crippen molar-refractivity contribution in [2.45, 2.75) is 25.8 Å². The van der Waals surface area contributed by atoms with Gasteiger partial charge in [-0.05, 0) is 25.8 Å². The fraction of sp³-hybridized carbons (Fsp3) is 0.667. The minimum absolute atomic E-state index is 0.826. The zero-order chi connectivity index (χ0) is 11.4. The van der Waals surface area contributed by atoms with E-state index in [4.69, 9.17) is 0 Å². The molecule has 0 aromatic carbocycles. The predicted molar refractivity (Wildman–Crippen MR) is 65.4 cm³/mol. The number of anilines is 1. The van der Waals surface area contributed by atoms with Gasteiger partial charge in [0.05, 0.1) is 0 Å². The summed E-state index contributed by atoms with van der Waals surface area (Å²) in [7, 11) is 4.00. The van der Waals surface area contributed by atoms with Crippen LogP contribution in [0, 0.1) is 5.92 Å². The second-order valence-corrected chi connectivity index (χ2v) is 4.60. The third-order valence-electron chi connectivity index (χ3n) is 3.17. The van der Waals surface area contributed by atoms with Crippen LogP contribution in [-0.2, 0) is 6.54 Å². The van der Waals surface area contributed by atoms with Crippen molar-refractivity contribution < 1.29 is 0 Å². The van der Waals surface area contributed by atoms with Crippen molar-refractivity contribution in [3.63, 3.8) is 0 Å². The van der Waals surface area contributed by atoms with Gasteiger partial charge in [-0.3, -0.25) is 0 Å². The Kier molecular flexibility index (Phi) is 3.72. The highest BCUT2D eigenvalue weighted by atomic mass is 15.2. The molecule has 1 aromatic heterocycles. The molecule has 0 spiro atoms. The van der Waals surface area contributed by atoms with Crippen molar-refractivity contribution in [3.8, 4) is 0 Å². The molecule has 4 heteroatoms. The third kappa shape index (κ3) is 2.70. The lowest BCUT2D eigenvalue weighted by molar-refractivity contribution is 0.320. The van der Waals surface area contributed by atoms with E-state index in [2.05, 4.69) is 27.2 Å². The van der Waals surface area contributed by atoms with E-state index in [1.165, 1.54) is 19.3 Å². The van der Waals surface area contributed by atoms with Gasteiger partial charge in [0.2, 0.25) is 5.95 Å². The van der Waals surface area contributed by atoms with Gasteiger partial charge < -0.3 is 10.2 Å². The molecule has 1 aromatic rings. The SMILES string of the molecule is CNCc1cnc(N(C)CC2CCC2)nc1. The molecule has 0 radical (unpaired) electrons. The molecular formula is C12H20N4. The monoisotopic (exact) mass is 220 g/mol. The summed E-state index contributed by atoms with van der Waals surface area (Å²) in [6.07, 6.45) is 7.91. The molecule has 1 heterocycles. The van der Waals surface area contributed by atoms with Crippen molar-refractivity contribution in [1.29, 1.82) is 0 Å². The summed E-state index contributed by atoms with van der Waals surface area (Å²) in [6.45, 7) is 1.91. The van der Waals surface area contributed by atoms with Crippen LogP contribution in [0.4, 0.5) is 5.95 Å². The molecule has 2 rings (SSSR count). The topological polar surface area (TPSA) is 41.1 Å². The van der Waals surface area contributed by atoms with Gasteiger partial charge in [-0.1, -0.05) is 6.42 Å². The van der Waals surface area contributed by atoms with Crippen molar-refractivity contribution in [2.75, 3.05) is 25.5 Å². The van der Waals surface area contributed by atoms with Gasteiger partial charge in [-0.2, -0.15) is 0 Å². The van der Waals surface area contributed by atoms with Gasteiger partial charge in [0.25, 0.3) is 0 Å². The summed E-state index contributed by atoms with van der Waals surface area (Å²) in [6, 6.07) is 0. The molecule has 1 aliphatic rings. The van der Waals surface area contributed by atoms with E-state index in [-0.39, 0.29) is 0 Å². The Balaban J connectivity index is 1.91. The van der Waals surface area contributed by atoms with Crippen LogP contribution in [0.25, 0.3) is 0 Å². The summed E-state index contributed by atoms with van der Waals surface area (Å²) in [5.41, 5.74) is 1.13. The first-order chi connectivity index (χ1) is 7.79. The number of hydrogen-bond donors (Lipinski definition) is 1. The molecule has 0 amide bonds. The predicted octanol–water partition coefficient (Wildman–Crippen LogP) is 1.43. The lowest BCUT2D eigenvalue weighted by atomic mass is 9.85. The second kappa shape index (κ2) is 5.25. The highest BCUT2D eigenvalue weighted by Gasteiger charge is 2.19. The Morgan fingerprint density at radius 1 is 1.38 bits per heavy atom. The number of hydrogen-bond acceptors (Lipinski definition) is 4. The van der Waals surface area contributed by atoms with Crippen LogP contribution in [0.5, 0.6) is 0 Å². The fourth-order valence-electron chi connectivity index (χ4n) is 1.98. The molecule has 0 bridgehead atoms. The molecule has 0 unspecified atom stereocenters. The normalized spacial score (nSPS) is 15.9. The highest BCUT2D eigenvalue weighted by molar-refractivity contribution is 5.28. The van der Waals surface area contributed by atoms with E-state index in [1.54, 1.807) is 0 Å². The van der Waals surface area contributed by atoms with Crippen molar-refractivity contribution in [1.82, 2.24) is 15.3 Å². The molecule has 0 atom stereocenters. The quantitative estimate of drug-likeness (QED) is 0.815. The van der Waals surface area contributed by atoms with E-state index >= 15 is 0 Å². The molecular weight excluding hydrogens is 200 g/mol. The molecule has 1 fully saturated rings. The Hall–Kier alpha value is -1.16. The van der Waals surface area contributed by atoms with Gasteiger partial charge in [-0.25, -0.2) is 9.97 Å². The molecule has 0 saturated heterocycles. The summed E-state index contributed by atoms with van der Waals surface area (Å²) in [4.78, 5) is 10.9. The van der Waals surface area contributed by atoms with E-state index in [0.717, 1.165) is 30.5 Å². The van der Waals surface area contributed by atoms with E-state index in [9.17, 15) is 0 Å². The van der Waals surface area contributed by atoms with E-state index < -0.39 is 0 Å². The minimum atomic E-state index is 0.826. The van der Waals surface area contributed by atoms with Crippen LogP contribution in [-0.4, -0.2) is 30.6 Å². The van der Waals surface area contributed by atoms with Crippen molar-refractivity contribution in [2.24, 2.45) is 5.92 Å². The Morgan fingerprint density at radius 2 is 2.06 bits per heavy atom. The van der Waals surface area contributed by atoms with Gasteiger partial charge in [0, 0.05) is 38.1 Å². The van der Waals surface area contributed by atoms with Crippen LogP contribution in [0.2, 0.25) is 0 Å². The van der Waals surface area contributed by atoms with Crippen molar-refractivity contribution >= 4 is 5.95 Å². The molecule has 1 N–H and O–H groups in total.